The fourth-order valence-corrected chi connectivity index (χ4v) is 3.45. The first-order valence-corrected chi connectivity index (χ1v) is 8.15. The van der Waals surface area contributed by atoms with Crippen LogP contribution in [0.25, 0.3) is 0 Å². The highest BCUT2D eigenvalue weighted by molar-refractivity contribution is 7.09. The van der Waals surface area contributed by atoms with Gasteiger partial charge in [0.2, 0.25) is 5.91 Å². The SMILES string of the molecule is Cc1nc(CC(=O)N(C)C[C@@H]2CCn3ccnc3C2)cs1. The third-order valence-electron chi connectivity index (χ3n) is 4.01. The molecule has 21 heavy (non-hydrogen) atoms. The van der Waals surface area contributed by atoms with Gasteiger partial charge >= 0.3 is 0 Å². The van der Waals surface area contributed by atoms with Crippen LogP contribution in [-0.2, 0) is 24.2 Å². The fraction of sp³-hybridized carbons (Fsp3) is 0.533. The molecular weight excluding hydrogens is 284 g/mol. The van der Waals surface area contributed by atoms with E-state index in [1.807, 2.05) is 36.6 Å². The Balaban J connectivity index is 1.54. The van der Waals surface area contributed by atoms with Gasteiger partial charge in [0, 0.05) is 44.3 Å². The van der Waals surface area contributed by atoms with Gasteiger partial charge in [-0.2, -0.15) is 0 Å². The highest BCUT2D eigenvalue weighted by Crippen LogP contribution is 2.20. The summed E-state index contributed by atoms with van der Waals surface area (Å²) >= 11 is 1.59. The number of nitrogens with zero attached hydrogens (tertiary/aromatic N) is 4. The molecule has 2 aromatic heterocycles. The number of aromatic nitrogens is 3. The van der Waals surface area contributed by atoms with E-state index in [9.17, 15) is 4.79 Å². The number of imidazole rings is 1. The highest BCUT2D eigenvalue weighted by atomic mass is 32.1. The van der Waals surface area contributed by atoms with E-state index in [0.29, 0.717) is 12.3 Å². The Kier molecular flexibility index (Phi) is 4.05. The first-order chi connectivity index (χ1) is 10.1. The summed E-state index contributed by atoms with van der Waals surface area (Å²) < 4.78 is 2.20. The summed E-state index contributed by atoms with van der Waals surface area (Å²) in [5, 5.41) is 2.98. The van der Waals surface area contributed by atoms with Gasteiger partial charge in [-0.25, -0.2) is 9.97 Å². The normalized spacial score (nSPS) is 17.5. The van der Waals surface area contributed by atoms with E-state index in [1.165, 1.54) is 0 Å². The molecule has 0 spiro atoms. The summed E-state index contributed by atoms with van der Waals surface area (Å²) in [6.45, 7) is 3.77. The first-order valence-electron chi connectivity index (χ1n) is 7.27. The number of rotatable bonds is 4. The van der Waals surface area contributed by atoms with Crippen molar-refractivity contribution in [1.29, 1.82) is 0 Å². The molecule has 0 unspecified atom stereocenters. The molecule has 1 amide bonds. The molecule has 5 nitrogen and oxygen atoms in total. The van der Waals surface area contributed by atoms with Crippen molar-refractivity contribution in [3.8, 4) is 0 Å². The van der Waals surface area contributed by atoms with Crippen LogP contribution in [0, 0.1) is 12.8 Å². The molecule has 6 heteroatoms. The Hall–Kier alpha value is -1.69. The number of amides is 1. The van der Waals surface area contributed by atoms with Gasteiger partial charge in [0.1, 0.15) is 5.82 Å². The molecule has 0 aromatic carbocycles. The summed E-state index contributed by atoms with van der Waals surface area (Å²) in [7, 11) is 1.89. The van der Waals surface area contributed by atoms with Gasteiger partial charge in [0.05, 0.1) is 17.1 Å². The van der Waals surface area contributed by atoms with Crippen LogP contribution in [0.2, 0.25) is 0 Å². The summed E-state index contributed by atoms with van der Waals surface area (Å²) in [5.41, 5.74) is 0.883. The lowest BCUT2D eigenvalue weighted by Gasteiger charge is -2.27. The summed E-state index contributed by atoms with van der Waals surface area (Å²) in [5.74, 6) is 1.79. The number of hydrogen-bond acceptors (Lipinski definition) is 4. The molecule has 0 fully saturated rings. The lowest BCUT2D eigenvalue weighted by Crippen LogP contribution is -2.35. The van der Waals surface area contributed by atoms with Crippen LogP contribution in [0.1, 0.15) is 22.9 Å². The largest absolute Gasteiger partial charge is 0.345 e. The predicted molar refractivity (Wildman–Crippen MR) is 82.2 cm³/mol. The van der Waals surface area contributed by atoms with Crippen molar-refractivity contribution >= 4 is 17.2 Å². The summed E-state index contributed by atoms with van der Waals surface area (Å²) in [6.07, 6.45) is 6.36. The van der Waals surface area contributed by atoms with Crippen molar-refractivity contribution in [3.05, 3.63) is 34.3 Å². The van der Waals surface area contributed by atoms with Crippen LogP contribution >= 0.6 is 11.3 Å². The van der Waals surface area contributed by atoms with Crippen LogP contribution in [0.15, 0.2) is 17.8 Å². The smallest absolute Gasteiger partial charge is 0.228 e. The van der Waals surface area contributed by atoms with Crippen LogP contribution in [0.4, 0.5) is 0 Å². The number of carbonyl (C=O) groups is 1. The van der Waals surface area contributed by atoms with Crippen molar-refractivity contribution in [1.82, 2.24) is 19.4 Å². The van der Waals surface area contributed by atoms with Crippen LogP contribution in [0.3, 0.4) is 0 Å². The minimum absolute atomic E-state index is 0.147. The van der Waals surface area contributed by atoms with E-state index >= 15 is 0 Å². The zero-order valence-corrected chi connectivity index (χ0v) is 13.3. The van der Waals surface area contributed by atoms with E-state index in [2.05, 4.69) is 14.5 Å². The van der Waals surface area contributed by atoms with Crippen molar-refractivity contribution < 1.29 is 4.79 Å². The second-order valence-electron chi connectivity index (χ2n) is 5.70. The number of fused-ring (bicyclic) bond motifs is 1. The quantitative estimate of drug-likeness (QED) is 0.867. The topological polar surface area (TPSA) is 51.0 Å². The highest BCUT2D eigenvalue weighted by Gasteiger charge is 2.22. The van der Waals surface area contributed by atoms with Gasteiger partial charge in [0.25, 0.3) is 0 Å². The molecule has 1 aliphatic rings. The van der Waals surface area contributed by atoms with Crippen LogP contribution in [0.5, 0.6) is 0 Å². The third kappa shape index (κ3) is 3.32. The van der Waals surface area contributed by atoms with Crippen molar-refractivity contribution in [2.24, 2.45) is 5.92 Å². The molecule has 1 aliphatic heterocycles. The standard InChI is InChI=1S/C15H20N4OS/c1-11-17-13(10-21-11)8-15(20)18(2)9-12-3-5-19-6-4-16-14(19)7-12/h4,6,10,12H,3,5,7-9H2,1-2H3/t12-/m1/s1. The lowest BCUT2D eigenvalue weighted by atomic mass is 9.97. The Labute approximate surface area is 128 Å². The Bertz CT molecular complexity index is 633. The van der Waals surface area contributed by atoms with Crippen molar-refractivity contribution in [2.75, 3.05) is 13.6 Å². The Morgan fingerprint density at radius 2 is 2.43 bits per heavy atom. The van der Waals surface area contributed by atoms with E-state index in [-0.39, 0.29) is 5.91 Å². The molecule has 112 valence electrons. The molecule has 0 N–H and O–H groups in total. The maximum absolute atomic E-state index is 12.3. The van der Waals surface area contributed by atoms with Crippen LogP contribution < -0.4 is 0 Å². The second-order valence-corrected chi connectivity index (χ2v) is 6.77. The van der Waals surface area contributed by atoms with E-state index in [4.69, 9.17) is 0 Å². The summed E-state index contributed by atoms with van der Waals surface area (Å²) in [4.78, 5) is 22.8. The summed E-state index contributed by atoms with van der Waals surface area (Å²) in [6, 6.07) is 0. The fourth-order valence-electron chi connectivity index (χ4n) is 2.84. The minimum Gasteiger partial charge on any atom is -0.345 e. The molecule has 0 bridgehead atoms. The van der Waals surface area contributed by atoms with Crippen molar-refractivity contribution in [3.63, 3.8) is 0 Å². The maximum Gasteiger partial charge on any atom is 0.228 e. The monoisotopic (exact) mass is 304 g/mol. The number of aryl methyl sites for hydroxylation is 2. The zero-order valence-electron chi connectivity index (χ0n) is 12.5. The van der Waals surface area contributed by atoms with E-state index in [0.717, 1.165) is 42.5 Å². The number of likely N-dealkylation sites (N-methyl/N-ethyl adjacent to an activating group) is 1. The molecule has 3 rings (SSSR count). The average Bonchev–Trinajstić information content (AvgIpc) is 3.07. The van der Waals surface area contributed by atoms with Gasteiger partial charge < -0.3 is 9.47 Å². The second kappa shape index (κ2) is 5.97. The average molecular weight is 304 g/mol. The van der Waals surface area contributed by atoms with Gasteiger partial charge in [-0.05, 0) is 19.3 Å². The molecule has 0 saturated carbocycles. The van der Waals surface area contributed by atoms with Crippen LogP contribution in [-0.4, -0.2) is 38.9 Å². The zero-order chi connectivity index (χ0) is 14.8. The van der Waals surface area contributed by atoms with Crippen molar-refractivity contribution in [2.45, 2.75) is 32.7 Å². The molecule has 3 heterocycles. The number of carbonyl (C=O) groups excluding carboxylic acids is 1. The van der Waals surface area contributed by atoms with Gasteiger partial charge in [-0.15, -0.1) is 11.3 Å². The molecule has 0 aliphatic carbocycles. The minimum atomic E-state index is 0.147. The van der Waals surface area contributed by atoms with E-state index in [1.54, 1.807) is 11.3 Å². The maximum atomic E-state index is 12.3. The van der Waals surface area contributed by atoms with Gasteiger partial charge in [0.15, 0.2) is 0 Å². The molecule has 0 radical (unpaired) electrons. The number of thiazole rings is 1. The van der Waals surface area contributed by atoms with Gasteiger partial charge in [-0.1, -0.05) is 0 Å². The molecule has 0 saturated heterocycles. The number of hydrogen-bond donors (Lipinski definition) is 0. The third-order valence-corrected chi connectivity index (χ3v) is 4.83. The first kappa shape index (κ1) is 14.3. The predicted octanol–water partition coefficient (Wildman–Crippen LogP) is 1.91. The Morgan fingerprint density at radius 1 is 1.57 bits per heavy atom. The Morgan fingerprint density at radius 3 is 3.19 bits per heavy atom. The lowest BCUT2D eigenvalue weighted by molar-refractivity contribution is -0.129. The van der Waals surface area contributed by atoms with E-state index < -0.39 is 0 Å². The molecule has 1 atom stereocenters. The molecular formula is C15H20N4OS. The van der Waals surface area contributed by atoms with Gasteiger partial charge in [-0.3, -0.25) is 4.79 Å². The molecule has 2 aromatic rings.